The standard InChI is InChI=1S/C50H31N5/c1-2-16-36(17-3-1)49-52-46(39-24-12-18-32-14-4-6-20-37(32)39)44(47(53-49)40-25-13-19-33-15-5-7-21-38(33)40)34-27-29-35(30-28-34)45-41-22-8-9-23-42(41)48-50(54-45)55-31-11-10-26-43(55)51-48/h1-31H. The molecule has 0 aliphatic heterocycles. The molecular formula is C50H31N5. The molecule has 4 aromatic heterocycles. The molecule has 0 bridgehead atoms. The number of hydrogen-bond donors (Lipinski definition) is 0. The third-order valence-corrected chi connectivity index (χ3v) is 10.6. The molecule has 5 heteroatoms. The van der Waals surface area contributed by atoms with Crippen LogP contribution in [0.2, 0.25) is 0 Å². The van der Waals surface area contributed by atoms with Crippen molar-refractivity contribution >= 4 is 49.1 Å². The number of hydrogen-bond acceptors (Lipinski definition) is 4. The summed E-state index contributed by atoms with van der Waals surface area (Å²) in [4.78, 5) is 21.2. The fraction of sp³-hybridized carbons (Fsp3) is 0. The van der Waals surface area contributed by atoms with Gasteiger partial charge in [0.15, 0.2) is 11.5 Å². The number of pyridine rings is 2. The molecule has 0 atom stereocenters. The molecule has 55 heavy (non-hydrogen) atoms. The Labute approximate surface area is 316 Å². The monoisotopic (exact) mass is 701 g/mol. The third kappa shape index (κ3) is 5.09. The molecule has 0 radical (unpaired) electrons. The number of benzene rings is 7. The van der Waals surface area contributed by atoms with Crippen molar-refractivity contribution in [2.45, 2.75) is 0 Å². The van der Waals surface area contributed by atoms with E-state index in [2.05, 4.69) is 150 Å². The highest BCUT2D eigenvalue weighted by molar-refractivity contribution is 6.10. The first kappa shape index (κ1) is 31.1. The van der Waals surface area contributed by atoms with E-state index in [0.717, 1.165) is 99.6 Å². The third-order valence-electron chi connectivity index (χ3n) is 10.6. The van der Waals surface area contributed by atoms with Gasteiger partial charge >= 0.3 is 0 Å². The molecule has 256 valence electrons. The molecule has 5 nitrogen and oxygen atoms in total. The van der Waals surface area contributed by atoms with Crippen LogP contribution in [-0.2, 0) is 0 Å². The summed E-state index contributed by atoms with van der Waals surface area (Å²) < 4.78 is 2.07. The lowest BCUT2D eigenvalue weighted by molar-refractivity contribution is 1.19. The topological polar surface area (TPSA) is 56.0 Å². The van der Waals surface area contributed by atoms with Crippen LogP contribution in [0.25, 0.3) is 105 Å². The Hall–Kier alpha value is -7.50. The van der Waals surface area contributed by atoms with E-state index in [-0.39, 0.29) is 0 Å². The number of rotatable bonds is 5. The molecule has 11 rings (SSSR count). The summed E-state index contributed by atoms with van der Waals surface area (Å²) in [6.45, 7) is 0. The van der Waals surface area contributed by atoms with Crippen LogP contribution in [0.1, 0.15) is 0 Å². The second-order valence-electron chi connectivity index (χ2n) is 13.8. The van der Waals surface area contributed by atoms with Gasteiger partial charge in [-0.1, -0.05) is 170 Å². The van der Waals surface area contributed by atoms with E-state index in [1.807, 2.05) is 42.6 Å². The van der Waals surface area contributed by atoms with Gasteiger partial charge in [-0.2, -0.15) is 0 Å². The maximum atomic E-state index is 5.45. The first-order valence-electron chi connectivity index (χ1n) is 18.5. The van der Waals surface area contributed by atoms with E-state index >= 15 is 0 Å². The smallest absolute Gasteiger partial charge is 0.165 e. The SMILES string of the molecule is c1ccc(-c2nc(-c3cccc4ccccc34)c(-c3ccc(-c4nc5c(nc6ccccn65)c5ccccc45)cc3)c(-c3cccc4ccccc34)n2)cc1. The zero-order valence-corrected chi connectivity index (χ0v) is 29.6. The van der Waals surface area contributed by atoms with Crippen molar-refractivity contribution in [1.82, 2.24) is 24.3 Å². The van der Waals surface area contributed by atoms with Gasteiger partial charge in [0.2, 0.25) is 0 Å². The van der Waals surface area contributed by atoms with Gasteiger partial charge < -0.3 is 0 Å². The lowest BCUT2D eigenvalue weighted by Gasteiger charge is -2.19. The molecule has 0 fully saturated rings. The average molecular weight is 702 g/mol. The van der Waals surface area contributed by atoms with Crippen molar-refractivity contribution < 1.29 is 0 Å². The number of imidazole rings is 1. The van der Waals surface area contributed by atoms with Crippen molar-refractivity contribution in [2.75, 3.05) is 0 Å². The van der Waals surface area contributed by atoms with Gasteiger partial charge in [0.25, 0.3) is 0 Å². The Balaban J connectivity index is 1.20. The van der Waals surface area contributed by atoms with E-state index in [9.17, 15) is 0 Å². The van der Waals surface area contributed by atoms with Crippen LogP contribution in [0.3, 0.4) is 0 Å². The summed E-state index contributed by atoms with van der Waals surface area (Å²) in [6.07, 6.45) is 2.03. The quantitative estimate of drug-likeness (QED) is 0.179. The first-order chi connectivity index (χ1) is 27.3. The Morgan fingerprint density at radius 2 is 0.891 bits per heavy atom. The fourth-order valence-corrected chi connectivity index (χ4v) is 8.05. The summed E-state index contributed by atoms with van der Waals surface area (Å²) in [5, 5.41) is 6.75. The molecule has 7 aromatic carbocycles. The van der Waals surface area contributed by atoms with E-state index in [4.69, 9.17) is 19.9 Å². The van der Waals surface area contributed by atoms with Crippen molar-refractivity contribution in [3.05, 3.63) is 188 Å². The zero-order chi connectivity index (χ0) is 36.3. The van der Waals surface area contributed by atoms with Crippen LogP contribution in [0.5, 0.6) is 0 Å². The largest absolute Gasteiger partial charge is 0.284 e. The minimum Gasteiger partial charge on any atom is -0.284 e. The lowest BCUT2D eigenvalue weighted by atomic mass is 9.89. The van der Waals surface area contributed by atoms with E-state index in [0.29, 0.717) is 5.82 Å². The van der Waals surface area contributed by atoms with Crippen molar-refractivity contribution in [2.24, 2.45) is 0 Å². The lowest BCUT2D eigenvalue weighted by Crippen LogP contribution is -2.01. The summed E-state index contributed by atoms with van der Waals surface area (Å²) in [7, 11) is 0. The van der Waals surface area contributed by atoms with Crippen LogP contribution in [0.15, 0.2) is 188 Å². The molecule has 0 saturated carbocycles. The van der Waals surface area contributed by atoms with Crippen molar-refractivity contribution in [3.63, 3.8) is 0 Å². The highest BCUT2D eigenvalue weighted by Gasteiger charge is 2.23. The Morgan fingerprint density at radius 1 is 0.345 bits per heavy atom. The van der Waals surface area contributed by atoms with Gasteiger partial charge in [0, 0.05) is 44.8 Å². The number of nitrogens with zero attached hydrogens (tertiary/aromatic N) is 5. The van der Waals surface area contributed by atoms with Gasteiger partial charge in [0.1, 0.15) is 11.2 Å². The minimum absolute atomic E-state index is 0.684. The molecule has 0 unspecified atom stereocenters. The Kier molecular flexibility index (Phi) is 7.10. The molecular weight excluding hydrogens is 671 g/mol. The predicted molar refractivity (Wildman–Crippen MR) is 226 cm³/mol. The molecule has 4 heterocycles. The molecule has 0 saturated heterocycles. The molecule has 0 spiro atoms. The van der Waals surface area contributed by atoms with Gasteiger partial charge in [-0.3, -0.25) is 4.40 Å². The minimum atomic E-state index is 0.684. The van der Waals surface area contributed by atoms with Gasteiger partial charge in [-0.15, -0.1) is 0 Å². The van der Waals surface area contributed by atoms with E-state index < -0.39 is 0 Å². The highest BCUT2D eigenvalue weighted by Crippen LogP contribution is 2.44. The molecule has 0 aliphatic rings. The predicted octanol–water partition coefficient (Wildman–Crippen LogP) is 12.5. The van der Waals surface area contributed by atoms with Crippen LogP contribution in [-0.4, -0.2) is 24.3 Å². The van der Waals surface area contributed by atoms with E-state index in [1.54, 1.807) is 0 Å². The normalized spacial score (nSPS) is 11.6. The molecule has 0 N–H and O–H groups in total. The Bertz CT molecular complexity index is 3150. The fourth-order valence-electron chi connectivity index (χ4n) is 8.05. The van der Waals surface area contributed by atoms with Crippen LogP contribution in [0, 0.1) is 0 Å². The molecule has 0 aliphatic carbocycles. The number of aromatic nitrogens is 5. The summed E-state index contributed by atoms with van der Waals surface area (Å²) in [5.74, 6) is 0.684. The summed E-state index contributed by atoms with van der Waals surface area (Å²) in [6, 6.07) is 63.6. The zero-order valence-electron chi connectivity index (χ0n) is 29.6. The van der Waals surface area contributed by atoms with Crippen LogP contribution in [0.4, 0.5) is 0 Å². The van der Waals surface area contributed by atoms with Crippen LogP contribution < -0.4 is 0 Å². The van der Waals surface area contributed by atoms with Gasteiger partial charge in [-0.05, 0) is 39.2 Å². The van der Waals surface area contributed by atoms with Gasteiger partial charge in [0.05, 0.1) is 17.1 Å². The number of fused-ring (bicyclic) bond motifs is 7. The van der Waals surface area contributed by atoms with Crippen LogP contribution >= 0.6 is 0 Å². The highest BCUT2D eigenvalue weighted by atomic mass is 15.1. The van der Waals surface area contributed by atoms with Crippen molar-refractivity contribution in [1.29, 1.82) is 0 Å². The summed E-state index contributed by atoms with van der Waals surface area (Å²) >= 11 is 0. The second kappa shape index (κ2) is 12.6. The molecule has 11 aromatic rings. The average Bonchev–Trinajstić information content (AvgIpc) is 3.65. The second-order valence-corrected chi connectivity index (χ2v) is 13.8. The van der Waals surface area contributed by atoms with Crippen molar-refractivity contribution in [3.8, 4) is 56.3 Å². The Morgan fingerprint density at radius 3 is 1.56 bits per heavy atom. The van der Waals surface area contributed by atoms with Gasteiger partial charge in [-0.25, -0.2) is 19.9 Å². The summed E-state index contributed by atoms with van der Waals surface area (Å²) in [5.41, 5.74) is 11.4. The maximum absolute atomic E-state index is 5.45. The van der Waals surface area contributed by atoms with E-state index in [1.165, 1.54) is 0 Å². The maximum Gasteiger partial charge on any atom is 0.165 e. The molecule has 0 amide bonds. The first-order valence-corrected chi connectivity index (χ1v) is 18.5.